The van der Waals surface area contributed by atoms with Gasteiger partial charge in [-0.05, 0) is 23.1 Å². The molecule has 5 heteroatoms. The predicted octanol–water partition coefficient (Wildman–Crippen LogP) is 0.698. The van der Waals surface area contributed by atoms with Gasteiger partial charge in [-0.1, -0.05) is 12.1 Å². The molecule has 0 aliphatic heterocycles. The fourth-order valence-corrected chi connectivity index (χ4v) is 1.83. The smallest absolute Gasteiger partial charge is 0.216 e. The molecule has 4 N–H and O–H groups in total. The lowest BCUT2D eigenvalue weighted by molar-refractivity contribution is -0.119. The van der Waals surface area contributed by atoms with Crippen molar-refractivity contribution < 1.29 is 15.0 Å². The van der Waals surface area contributed by atoms with Crippen molar-refractivity contribution in [1.29, 1.82) is 0 Å². The minimum Gasteiger partial charge on any atom is -0.388 e. The monoisotopic (exact) mass is 248 g/mol. The molecular formula is C13H16N2O3. The van der Waals surface area contributed by atoms with Crippen molar-refractivity contribution in [3.05, 3.63) is 36.0 Å². The summed E-state index contributed by atoms with van der Waals surface area (Å²) in [6.07, 6.45) is -0.236. The number of hydrogen-bond acceptors (Lipinski definition) is 3. The van der Waals surface area contributed by atoms with Crippen molar-refractivity contribution in [2.24, 2.45) is 0 Å². The van der Waals surface area contributed by atoms with Gasteiger partial charge in [-0.3, -0.25) is 4.79 Å². The minimum atomic E-state index is -1.03. The summed E-state index contributed by atoms with van der Waals surface area (Å²) in [4.78, 5) is 13.8. The summed E-state index contributed by atoms with van der Waals surface area (Å²) in [5, 5.41) is 23.3. The fraction of sp³-hybridized carbons (Fsp3) is 0.308. The van der Waals surface area contributed by atoms with Crippen LogP contribution in [-0.4, -0.2) is 33.8 Å². The molecule has 0 bridgehead atoms. The van der Waals surface area contributed by atoms with E-state index in [1.165, 1.54) is 6.92 Å². The van der Waals surface area contributed by atoms with Gasteiger partial charge in [-0.15, -0.1) is 0 Å². The number of aromatic amines is 1. The number of amides is 1. The molecular weight excluding hydrogens is 232 g/mol. The lowest BCUT2D eigenvalue weighted by Gasteiger charge is -2.18. The molecule has 0 aliphatic rings. The number of hydrogen-bond donors (Lipinski definition) is 4. The zero-order chi connectivity index (χ0) is 13.1. The number of fused-ring (bicyclic) bond motifs is 1. The molecule has 1 aromatic carbocycles. The van der Waals surface area contributed by atoms with Crippen LogP contribution < -0.4 is 5.32 Å². The number of nitrogens with one attached hydrogen (secondary N) is 2. The summed E-state index contributed by atoms with van der Waals surface area (Å²) in [5.41, 5.74) is 1.51. The first-order valence-corrected chi connectivity index (χ1v) is 5.75. The largest absolute Gasteiger partial charge is 0.388 e. The van der Waals surface area contributed by atoms with Gasteiger partial charge in [0.05, 0.1) is 0 Å². The van der Waals surface area contributed by atoms with E-state index in [1.54, 1.807) is 12.1 Å². The van der Waals surface area contributed by atoms with Gasteiger partial charge < -0.3 is 20.5 Å². The van der Waals surface area contributed by atoms with Gasteiger partial charge >= 0.3 is 0 Å². The number of aromatic nitrogens is 1. The molecule has 0 aliphatic carbocycles. The van der Waals surface area contributed by atoms with E-state index in [1.807, 2.05) is 18.3 Å². The first kappa shape index (κ1) is 12.6. The maximum absolute atomic E-state index is 10.7. The molecule has 96 valence electrons. The molecule has 1 amide bonds. The van der Waals surface area contributed by atoms with Crippen molar-refractivity contribution in [1.82, 2.24) is 10.3 Å². The third-order valence-electron chi connectivity index (χ3n) is 2.85. The maximum atomic E-state index is 10.7. The molecule has 1 heterocycles. The van der Waals surface area contributed by atoms with Gasteiger partial charge in [-0.2, -0.15) is 0 Å². The van der Waals surface area contributed by atoms with Crippen LogP contribution in [-0.2, 0) is 4.79 Å². The van der Waals surface area contributed by atoms with Crippen LogP contribution >= 0.6 is 0 Å². The van der Waals surface area contributed by atoms with E-state index in [2.05, 4.69) is 10.3 Å². The molecule has 0 spiro atoms. The van der Waals surface area contributed by atoms with Crippen molar-refractivity contribution in [3.8, 4) is 0 Å². The van der Waals surface area contributed by atoms with E-state index >= 15 is 0 Å². The van der Waals surface area contributed by atoms with Crippen LogP contribution in [0.25, 0.3) is 10.9 Å². The second-order valence-electron chi connectivity index (χ2n) is 4.27. The summed E-state index contributed by atoms with van der Waals surface area (Å²) in [6.45, 7) is 1.39. The molecule has 5 nitrogen and oxygen atoms in total. The van der Waals surface area contributed by atoms with Crippen molar-refractivity contribution in [2.75, 3.05) is 6.54 Å². The Morgan fingerprint density at radius 2 is 2.17 bits per heavy atom. The highest BCUT2D eigenvalue weighted by Gasteiger charge is 2.18. The zero-order valence-electron chi connectivity index (χ0n) is 10.1. The Labute approximate surface area is 104 Å². The van der Waals surface area contributed by atoms with E-state index in [-0.39, 0.29) is 12.5 Å². The van der Waals surface area contributed by atoms with Crippen LogP contribution in [0.3, 0.4) is 0 Å². The average molecular weight is 248 g/mol. The molecule has 2 atom stereocenters. The molecule has 0 radical (unpaired) electrons. The molecule has 0 saturated heterocycles. The number of aliphatic hydroxyl groups is 2. The van der Waals surface area contributed by atoms with Gasteiger partial charge in [0.25, 0.3) is 0 Å². The first-order chi connectivity index (χ1) is 8.58. The second-order valence-corrected chi connectivity index (χ2v) is 4.27. The van der Waals surface area contributed by atoms with Gasteiger partial charge in [0, 0.05) is 25.2 Å². The second kappa shape index (κ2) is 5.20. The molecule has 0 saturated carbocycles. The Morgan fingerprint density at radius 1 is 1.39 bits per heavy atom. The summed E-state index contributed by atoms with van der Waals surface area (Å²) >= 11 is 0. The molecule has 2 unspecified atom stereocenters. The van der Waals surface area contributed by atoms with E-state index in [0.29, 0.717) is 5.56 Å². The fourth-order valence-electron chi connectivity index (χ4n) is 1.83. The Balaban J connectivity index is 2.11. The van der Waals surface area contributed by atoms with Gasteiger partial charge in [0.2, 0.25) is 5.91 Å². The number of aliphatic hydroxyl groups excluding tert-OH is 2. The maximum Gasteiger partial charge on any atom is 0.216 e. The van der Waals surface area contributed by atoms with E-state index in [9.17, 15) is 15.0 Å². The van der Waals surface area contributed by atoms with Crippen LogP contribution in [0.4, 0.5) is 0 Å². The topological polar surface area (TPSA) is 85.3 Å². The van der Waals surface area contributed by atoms with Gasteiger partial charge in [0.15, 0.2) is 0 Å². The highest BCUT2D eigenvalue weighted by Crippen LogP contribution is 2.21. The van der Waals surface area contributed by atoms with Crippen LogP contribution in [0, 0.1) is 0 Å². The van der Waals surface area contributed by atoms with Crippen LogP contribution in [0.5, 0.6) is 0 Å². The third-order valence-corrected chi connectivity index (χ3v) is 2.85. The highest BCUT2D eigenvalue weighted by atomic mass is 16.3. The third kappa shape index (κ3) is 2.69. The van der Waals surface area contributed by atoms with Crippen LogP contribution in [0.1, 0.15) is 18.6 Å². The van der Waals surface area contributed by atoms with E-state index in [0.717, 1.165) is 10.9 Å². The van der Waals surface area contributed by atoms with Crippen molar-refractivity contribution >= 4 is 16.8 Å². The Bertz CT molecular complexity index is 550. The summed E-state index contributed by atoms with van der Waals surface area (Å²) < 4.78 is 0. The van der Waals surface area contributed by atoms with Crippen LogP contribution in [0.2, 0.25) is 0 Å². The molecule has 2 rings (SSSR count). The molecule has 18 heavy (non-hydrogen) atoms. The summed E-state index contributed by atoms with van der Waals surface area (Å²) in [7, 11) is 0. The van der Waals surface area contributed by atoms with Crippen molar-refractivity contribution in [3.63, 3.8) is 0 Å². The van der Waals surface area contributed by atoms with Crippen molar-refractivity contribution in [2.45, 2.75) is 19.1 Å². The summed E-state index contributed by atoms with van der Waals surface area (Å²) in [5.74, 6) is -0.235. The summed E-state index contributed by atoms with van der Waals surface area (Å²) in [6, 6.07) is 7.35. The van der Waals surface area contributed by atoms with E-state index in [4.69, 9.17) is 0 Å². The predicted molar refractivity (Wildman–Crippen MR) is 67.9 cm³/mol. The Kier molecular flexibility index (Phi) is 3.64. The van der Waals surface area contributed by atoms with Gasteiger partial charge in [0.1, 0.15) is 12.2 Å². The lowest BCUT2D eigenvalue weighted by Crippen LogP contribution is -2.34. The van der Waals surface area contributed by atoms with E-state index < -0.39 is 12.2 Å². The number of H-pyrrole nitrogens is 1. The van der Waals surface area contributed by atoms with Crippen LogP contribution in [0.15, 0.2) is 30.5 Å². The number of carbonyl (C=O) groups is 1. The average Bonchev–Trinajstić information content (AvgIpc) is 2.81. The zero-order valence-corrected chi connectivity index (χ0v) is 10.1. The Hall–Kier alpha value is -1.85. The lowest BCUT2D eigenvalue weighted by atomic mass is 10.0. The normalized spacial score (nSPS) is 14.4. The first-order valence-electron chi connectivity index (χ1n) is 5.75. The highest BCUT2D eigenvalue weighted by molar-refractivity contribution is 5.80. The standard InChI is InChI=1S/C13H16N2O3/c1-8(16)15-7-12(17)13(18)10-3-2-9-4-5-14-11(9)6-10/h2-6,12-14,17-18H,7H2,1H3,(H,15,16). The number of carbonyl (C=O) groups excluding carboxylic acids is 1. The molecule has 0 fully saturated rings. The molecule has 1 aromatic heterocycles. The minimum absolute atomic E-state index is 0.0270. The number of rotatable bonds is 4. The Morgan fingerprint density at radius 3 is 2.89 bits per heavy atom. The number of benzene rings is 1. The quantitative estimate of drug-likeness (QED) is 0.642. The van der Waals surface area contributed by atoms with Gasteiger partial charge in [-0.25, -0.2) is 0 Å². The SMILES string of the molecule is CC(=O)NCC(O)C(O)c1ccc2cc[nH]c2c1. The molecule has 2 aromatic rings.